The third-order valence-electron chi connectivity index (χ3n) is 4.87. The van der Waals surface area contributed by atoms with Gasteiger partial charge in [-0.25, -0.2) is 8.99 Å². The summed E-state index contributed by atoms with van der Waals surface area (Å²) in [4.78, 5) is 0. The number of hydrogen-bond donors (Lipinski definition) is 2. The maximum absolute atomic E-state index is 13.3. The van der Waals surface area contributed by atoms with Gasteiger partial charge in [0.05, 0.1) is 30.3 Å². The van der Waals surface area contributed by atoms with Gasteiger partial charge in [-0.2, -0.15) is 18.3 Å². The number of benzene rings is 1. The third-order valence-corrected chi connectivity index (χ3v) is 6.85. The summed E-state index contributed by atoms with van der Waals surface area (Å²) in [5.41, 5.74) is 1.15. The first-order chi connectivity index (χ1) is 12.8. The van der Waals surface area contributed by atoms with Gasteiger partial charge in [-0.15, -0.1) is 10.8 Å². The second kappa shape index (κ2) is 6.78. The fourth-order valence-corrected chi connectivity index (χ4v) is 5.07. The van der Waals surface area contributed by atoms with Crippen molar-refractivity contribution >= 4 is 10.8 Å². The molecule has 2 aliphatic heterocycles. The lowest BCUT2D eigenvalue weighted by molar-refractivity contribution is -0.142. The number of ether oxygens (including phenoxy) is 1. The minimum absolute atomic E-state index is 0.0921. The Kier molecular flexibility index (Phi) is 4.71. The Hall–Kier alpha value is -1.59. The average Bonchev–Trinajstić information content (AvgIpc) is 3.16. The minimum Gasteiger partial charge on any atom is -0.375 e. The van der Waals surface area contributed by atoms with Crippen LogP contribution < -0.4 is 0 Å². The van der Waals surface area contributed by atoms with Gasteiger partial charge in [0.25, 0.3) is 0 Å². The van der Waals surface area contributed by atoms with Crippen LogP contribution in [0.15, 0.2) is 24.3 Å². The van der Waals surface area contributed by atoms with Crippen LogP contribution in [0.3, 0.4) is 0 Å². The van der Waals surface area contributed by atoms with Crippen LogP contribution in [-0.4, -0.2) is 42.1 Å². The lowest BCUT2D eigenvalue weighted by Gasteiger charge is -2.36. The van der Waals surface area contributed by atoms with Crippen LogP contribution in [0.2, 0.25) is 0 Å². The predicted octanol–water partition coefficient (Wildman–Crippen LogP) is 3.84. The highest BCUT2D eigenvalue weighted by molar-refractivity contribution is 8.22. The summed E-state index contributed by atoms with van der Waals surface area (Å²) in [6.07, 6.45) is -3.58. The zero-order valence-electron chi connectivity index (χ0n) is 14.4. The van der Waals surface area contributed by atoms with E-state index in [0.717, 1.165) is 12.0 Å². The second-order valence-corrected chi connectivity index (χ2v) is 8.90. The molecular weight excluding hydrogens is 383 g/mol. The van der Waals surface area contributed by atoms with Crippen molar-refractivity contribution in [3.63, 3.8) is 0 Å². The van der Waals surface area contributed by atoms with E-state index in [9.17, 15) is 22.3 Å². The van der Waals surface area contributed by atoms with Gasteiger partial charge in [0.1, 0.15) is 0 Å². The molecule has 6 nitrogen and oxygen atoms in total. The summed E-state index contributed by atoms with van der Waals surface area (Å²) in [7, 11) is -2.70. The fourth-order valence-electron chi connectivity index (χ4n) is 3.52. The van der Waals surface area contributed by atoms with Crippen LogP contribution in [-0.2, 0) is 30.5 Å². The molecule has 1 aromatic heterocycles. The molecule has 1 fully saturated rings. The van der Waals surface area contributed by atoms with E-state index >= 15 is 0 Å². The minimum atomic E-state index is -4.50. The van der Waals surface area contributed by atoms with E-state index in [1.165, 1.54) is 4.68 Å². The summed E-state index contributed by atoms with van der Waals surface area (Å²) >= 11 is 0. The summed E-state index contributed by atoms with van der Waals surface area (Å²) in [5, 5.41) is 3.81. The van der Waals surface area contributed by atoms with Gasteiger partial charge in [0.2, 0.25) is 0 Å². The SMILES string of the molecule is OS1(O)CCCN1Cc1ccc(-n2nc(C(F)(F)F)c3c2COCC3)cc1. The molecule has 0 unspecified atom stereocenters. The number of halogens is 3. The van der Waals surface area contributed by atoms with Gasteiger partial charge >= 0.3 is 6.18 Å². The molecule has 2 N–H and O–H groups in total. The Morgan fingerprint density at radius 2 is 1.93 bits per heavy atom. The van der Waals surface area contributed by atoms with Crippen LogP contribution in [0.5, 0.6) is 0 Å². The number of rotatable bonds is 3. The van der Waals surface area contributed by atoms with Crippen molar-refractivity contribution in [1.82, 2.24) is 14.1 Å². The lowest BCUT2D eigenvalue weighted by atomic mass is 10.1. The molecule has 0 bridgehead atoms. The molecule has 0 saturated carbocycles. The Labute approximate surface area is 156 Å². The molecule has 148 valence electrons. The van der Waals surface area contributed by atoms with E-state index in [2.05, 4.69) is 5.10 Å². The molecule has 3 heterocycles. The monoisotopic (exact) mass is 403 g/mol. The highest BCUT2D eigenvalue weighted by Gasteiger charge is 2.40. The topological polar surface area (TPSA) is 70.8 Å². The predicted molar refractivity (Wildman–Crippen MR) is 94.7 cm³/mol. The van der Waals surface area contributed by atoms with Gasteiger partial charge in [0.15, 0.2) is 5.69 Å². The largest absolute Gasteiger partial charge is 0.435 e. The van der Waals surface area contributed by atoms with Crippen molar-refractivity contribution in [3.05, 3.63) is 46.8 Å². The number of hydrogen-bond acceptors (Lipinski definition) is 5. The average molecular weight is 403 g/mol. The molecule has 0 spiro atoms. The molecule has 10 heteroatoms. The quantitative estimate of drug-likeness (QED) is 0.815. The zero-order chi connectivity index (χ0) is 19.2. The Bertz CT molecular complexity index is 836. The van der Waals surface area contributed by atoms with E-state index < -0.39 is 22.6 Å². The maximum Gasteiger partial charge on any atom is 0.435 e. The zero-order valence-corrected chi connectivity index (χ0v) is 15.3. The molecule has 0 amide bonds. The van der Waals surface area contributed by atoms with Gasteiger partial charge in [-0.05, 0) is 30.5 Å². The third kappa shape index (κ3) is 3.59. The molecule has 27 heavy (non-hydrogen) atoms. The first-order valence-electron chi connectivity index (χ1n) is 8.62. The summed E-state index contributed by atoms with van der Waals surface area (Å²) in [6.45, 7) is 1.34. The summed E-state index contributed by atoms with van der Waals surface area (Å²) in [5.74, 6) is 0.380. The Morgan fingerprint density at radius 1 is 1.19 bits per heavy atom. The smallest absolute Gasteiger partial charge is 0.375 e. The van der Waals surface area contributed by atoms with Gasteiger partial charge < -0.3 is 4.74 Å². The maximum atomic E-state index is 13.3. The lowest BCUT2D eigenvalue weighted by Crippen LogP contribution is -2.22. The van der Waals surface area contributed by atoms with E-state index in [4.69, 9.17) is 4.74 Å². The van der Waals surface area contributed by atoms with Crippen LogP contribution in [0.4, 0.5) is 13.2 Å². The van der Waals surface area contributed by atoms with Crippen molar-refractivity contribution in [3.8, 4) is 5.69 Å². The van der Waals surface area contributed by atoms with E-state index in [1.54, 1.807) is 28.6 Å². The molecule has 4 rings (SSSR count). The number of aromatic nitrogens is 2. The standard InChI is InChI=1S/C17H20F3N3O3S/c18-17(19,20)16-14-6-8-26-11-15(14)23(21-16)13-4-2-12(3-5-13)10-22-7-1-9-27(22,24)25/h2-5,24-25H,1,6-11H2. The molecule has 1 aromatic carbocycles. The Balaban J connectivity index is 1.62. The van der Waals surface area contributed by atoms with Crippen molar-refractivity contribution in [2.45, 2.75) is 32.2 Å². The molecule has 0 atom stereocenters. The van der Waals surface area contributed by atoms with Gasteiger partial charge in [0, 0.05) is 18.7 Å². The highest BCUT2D eigenvalue weighted by atomic mass is 32.3. The first kappa shape index (κ1) is 18.8. The van der Waals surface area contributed by atoms with Crippen molar-refractivity contribution in [2.75, 3.05) is 18.9 Å². The van der Waals surface area contributed by atoms with E-state index in [1.807, 2.05) is 0 Å². The normalized spacial score (nSPS) is 21.2. The van der Waals surface area contributed by atoms with Crippen LogP contribution in [0.25, 0.3) is 5.69 Å². The van der Waals surface area contributed by atoms with Crippen LogP contribution in [0, 0.1) is 0 Å². The fraction of sp³-hybridized carbons (Fsp3) is 0.471. The number of alkyl halides is 3. The van der Waals surface area contributed by atoms with Crippen LogP contribution >= 0.6 is 10.8 Å². The molecule has 0 radical (unpaired) electrons. The number of nitrogens with zero attached hydrogens (tertiary/aromatic N) is 3. The highest BCUT2D eigenvalue weighted by Crippen LogP contribution is 2.49. The number of fused-ring (bicyclic) bond motifs is 1. The summed E-state index contributed by atoms with van der Waals surface area (Å²) in [6, 6.07) is 6.93. The molecule has 2 aromatic rings. The van der Waals surface area contributed by atoms with Gasteiger partial charge in [-0.3, -0.25) is 9.11 Å². The molecule has 0 aliphatic carbocycles. The van der Waals surface area contributed by atoms with E-state index in [-0.39, 0.29) is 25.2 Å². The van der Waals surface area contributed by atoms with Crippen molar-refractivity contribution < 1.29 is 27.0 Å². The first-order valence-corrected chi connectivity index (χ1v) is 10.3. The van der Waals surface area contributed by atoms with E-state index in [0.29, 0.717) is 30.2 Å². The Morgan fingerprint density at radius 3 is 2.56 bits per heavy atom. The molecular formula is C17H20F3N3O3S. The van der Waals surface area contributed by atoms with Crippen molar-refractivity contribution in [1.29, 1.82) is 0 Å². The van der Waals surface area contributed by atoms with Crippen molar-refractivity contribution in [2.24, 2.45) is 0 Å². The summed E-state index contributed by atoms with van der Waals surface area (Å²) < 4.78 is 68.2. The second-order valence-electron chi connectivity index (χ2n) is 6.71. The van der Waals surface area contributed by atoms with Crippen LogP contribution in [0.1, 0.15) is 28.9 Å². The van der Waals surface area contributed by atoms with Gasteiger partial charge in [-0.1, -0.05) is 12.1 Å². The molecule has 1 saturated heterocycles. The molecule has 2 aliphatic rings.